The lowest BCUT2D eigenvalue weighted by atomic mass is 10.1. The molecular weight excluding hydrogens is 370 g/mol. The molecule has 5 nitrogen and oxygen atoms in total. The van der Waals surface area contributed by atoms with Crippen LogP contribution in [-0.2, 0) is 14.9 Å². The van der Waals surface area contributed by atoms with Crippen LogP contribution in [-0.4, -0.2) is 49.9 Å². The first kappa shape index (κ1) is 20.5. The molecule has 0 saturated heterocycles. The minimum absolute atomic E-state index is 0.167. The first-order valence-electron chi connectivity index (χ1n) is 6.19. The highest BCUT2D eigenvalue weighted by molar-refractivity contribution is 7.85. The van der Waals surface area contributed by atoms with E-state index in [1.165, 1.54) is 24.3 Å². The molecule has 0 heterocycles. The smallest absolute Gasteiger partial charge is 0.427 e. The lowest BCUT2D eigenvalue weighted by Gasteiger charge is -2.35. The van der Waals surface area contributed by atoms with Crippen LogP contribution >= 0.6 is 0 Å². The molecular formula is C12H12F6O5S. The highest BCUT2D eigenvalue weighted by atomic mass is 32.2. The van der Waals surface area contributed by atoms with Crippen molar-refractivity contribution in [3.63, 3.8) is 0 Å². The molecule has 0 aromatic heterocycles. The van der Waals surface area contributed by atoms with E-state index in [0.717, 1.165) is 0 Å². The van der Waals surface area contributed by atoms with Crippen molar-refractivity contribution in [1.82, 2.24) is 0 Å². The Bertz CT molecular complexity index is 612. The van der Waals surface area contributed by atoms with E-state index in [1.807, 2.05) is 0 Å². The van der Waals surface area contributed by atoms with E-state index >= 15 is 0 Å². The summed E-state index contributed by atoms with van der Waals surface area (Å²) in [5.74, 6) is -2.54. The summed E-state index contributed by atoms with van der Waals surface area (Å²) in [4.78, 5) is 0. The van der Waals surface area contributed by atoms with Crippen molar-refractivity contribution in [2.75, 3.05) is 19.0 Å². The largest absolute Gasteiger partial charge is 0.491 e. The Morgan fingerprint density at radius 2 is 1.42 bits per heavy atom. The molecule has 1 aromatic carbocycles. The van der Waals surface area contributed by atoms with Gasteiger partial charge in [0, 0.05) is 0 Å². The topological polar surface area (TPSA) is 72.8 Å². The highest BCUT2D eigenvalue weighted by Crippen LogP contribution is 2.46. The summed E-state index contributed by atoms with van der Waals surface area (Å²) in [6.45, 7) is -1.92. The number of ether oxygens (including phenoxy) is 2. The first-order chi connectivity index (χ1) is 10.8. The molecule has 1 aromatic rings. The van der Waals surface area contributed by atoms with Gasteiger partial charge in [0.2, 0.25) is 0 Å². The molecule has 0 fully saturated rings. The Kier molecular flexibility index (Phi) is 6.11. The SMILES string of the molecule is O=S(=O)(O)CC(OCCOc1ccccc1)(C(F)(F)F)C(F)(F)F. The quantitative estimate of drug-likeness (QED) is 0.446. The fraction of sp³-hybridized carbons (Fsp3) is 0.500. The molecule has 1 N–H and O–H groups in total. The van der Waals surface area contributed by atoms with Gasteiger partial charge in [0.1, 0.15) is 18.1 Å². The maximum Gasteiger partial charge on any atom is 0.427 e. The third-order valence-corrected chi connectivity index (χ3v) is 3.52. The van der Waals surface area contributed by atoms with Crippen molar-refractivity contribution in [2.45, 2.75) is 18.0 Å². The molecule has 0 aliphatic heterocycles. The van der Waals surface area contributed by atoms with Gasteiger partial charge in [-0.3, -0.25) is 4.55 Å². The van der Waals surface area contributed by atoms with E-state index in [-0.39, 0.29) is 5.75 Å². The van der Waals surface area contributed by atoms with Crippen LogP contribution in [0.2, 0.25) is 0 Å². The Balaban J connectivity index is 2.93. The van der Waals surface area contributed by atoms with Crippen molar-refractivity contribution in [2.24, 2.45) is 0 Å². The van der Waals surface area contributed by atoms with E-state index in [4.69, 9.17) is 9.29 Å². The Hall–Kier alpha value is -1.53. The van der Waals surface area contributed by atoms with Crippen LogP contribution in [0.15, 0.2) is 30.3 Å². The zero-order valence-corrected chi connectivity index (χ0v) is 12.6. The number of para-hydroxylation sites is 1. The van der Waals surface area contributed by atoms with Gasteiger partial charge < -0.3 is 9.47 Å². The average Bonchev–Trinajstić information content (AvgIpc) is 2.39. The van der Waals surface area contributed by atoms with Crippen molar-refractivity contribution < 1.29 is 48.8 Å². The number of rotatable bonds is 7. The lowest BCUT2D eigenvalue weighted by molar-refractivity contribution is -0.372. The second-order valence-electron chi connectivity index (χ2n) is 4.56. The molecule has 24 heavy (non-hydrogen) atoms. The summed E-state index contributed by atoms with van der Waals surface area (Å²) < 4.78 is 116. The number of benzene rings is 1. The van der Waals surface area contributed by atoms with Crippen molar-refractivity contribution in [3.05, 3.63) is 30.3 Å². The fourth-order valence-electron chi connectivity index (χ4n) is 1.68. The van der Waals surface area contributed by atoms with Crippen molar-refractivity contribution >= 4 is 10.1 Å². The maximum absolute atomic E-state index is 12.9. The standard InChI is InChI=1S/C12H12F6O5S/c13-11(14,15)10(12(16,17)18,8-24(19,20)21)23-7-6-22-9-4-2-1-3-5-9/h1-5H,6-8H2,(H,19,20,21). The molecule has 1 rings (SSSR count). The van der Waals surface area contributed by atoms with E-state index in [0.29, 0.717) is 0 Å². The van der Waals surface area contributed by atoms with Gasteiger partial charge in [0.15, 0.2) is 0 Å². The molecule has 138 valence electrons. The summed E-state index contributed by atoms with van der Waals surface area (Å²) in [6.07, 6.45) is -12.3. The van der Waals surface area contributed by atoms with Crippen LogP contribution < -0.4 is 4.74 Å². The van der Waals surface area contributed by atoms with Crippen LogP contribution in [0.25, 0.3) is 0 Å². The van der Waals surface area contributed by atoms with E-state index in [1.54, 1.807) is 6.07 Å². The van der Waals surface area contributed by atoms with Gasteiger partial charge in [-0.15, -0.1) is 0 Å². The van der Waals surface area contributed by atoms with Gasteiger partial charge in [-0.05, 0) is 12.1 Å². The predicted molar refractivity (Wildman–Crippen MR) is 69.1 cm³/mol. The van der Waals surface area contributed by atoms with Gasteiger partial charge in [0.25, 0.3) is 15.7 Å². The molecule has 0 radical (unpaired) electrons. The lowest BCUT2D eigenvalue weighted by Crippen LogP contribution is -2.63. The van der Waals surface area contributed by atoms with Crippen LogP contribution in [0.4, 0.5) is 26.3 Å². The fourth-order valence-corrected chi connectivity index (χ4v) is 2.60. The number of alkyl halides is 6. The van der Waals surface area contributed by atoms with Gasteiger partial charge in [0.05, 0.1) is 6.61 Å². The van der Waals surface area contributed by atoms with Crippen LogP contribution in [0.5, 0.6) is 5.75 Å². The van der Waals surface area contributed by atoms with Gasteiger partial charge in [-0.1, -0.05) is 18.2 Å². The highest BCUT2D eigenvalue weighted by Gasteiger charge is 2.73. The minimum atomic E-state index is -6.13. The monoisotopic (exact) mass is 382 g/mol. The second-order valence-corrected chi connectivity index (χ2v) is 6.01. The molecule has 0 atom stereocenters. The zero-order valence-electron chi connectivity index (χ0n) is 11.8. The zero-order chi connectivity index (χ0) is 18.6. The van der Waals surface area contributed by atoms with Gasteiger partial charge >= 0.3 is 12.4 Å². The molecule has 0 amide bonds. The van der Waals surface area contributed by atoms with Crippen molar-refractivity contribution in [1.29, 1.82) is 0 Å². The van der Waals surface area contributed by atoms with E-state index < -0.39 is 47.0 Å². The van der Waals surface area contributed by atoms with Gasteiger partial charge in [-0.2, -0.15) is 34.8 Å². The summed E-state index contributed by atoms with van der Waals surface area (Å²) in [7, 11) is -5.64. The number of hydrogen-bond donors (Lipinski definition) is 1. The normalized spacial score (nSPS) is 13.8. The summed E-state index contributed by atoms with van der Waals surface area (Å²) in [5.41, 5.74) is -5.06. The minimum Gasteiger partial charge on any atom is -0.491 e. The molecule has 0 unspecified atom stereocenters. The molecule has 0 bridgehead atoms. The van der Waals surface area contributed by atoms with E-state index in [2.05, 4.69) is 4.74 Å². The number of halogens is 6. The first-order valence-corrected chi connectivity index (χ1v) is 7.80. The predicted octanol–water partition coefficient (Wildman–Crippen LogP) is 2.83. The Labute approximate surface area is 132 Å². The van der Waals surface area contributed by atoms with Crippen molar-refractivity contribution in [3.8, 4) is 5.75 Å². The van der Waals surface area contributed by atoms with Gasteiger partial charge in [-0.25, -0.2) is 0 Å². The number of hydrogen-bond acceptors (Lipinski definition) is 4. The van der Waals surface area contributed by atoms with E-state index in [9.17, 15) is 34.8 Å². The molecule has 0 spiro atoms. The summed E-state index contributed by atoms with van der Waals surface area (Å²) in [6, 6.07) is 7.44. The second kappa shape index (κ2) is 7.15. The molecule has 0 aliphatic carbocycles. The third kappa shape index (κ3) is 5.24. The molecule has 0 saturated carbocycles. The summed E-state index contributed by atoms with van der Waals surface area (Å²) in [5, 5.41) is 0. The van der Waals surface area contributed by atoms with Crippen LogP contribution in [0.3, 0.4) is 0 Å². The average molecular weight is 382 g/mol. The Morgan fingerprint density at radius 3 is 1.83 bits per heavy atom. The molecule has 0 aliphatic rings. The summed E-state index contributed by atoms with van der Waals surface area (Å²) >= 11 is 0. The third-order valence-electron chi connectivity index (χ3n) is 2.75. The van der Waals surface area contributed by atoms with Crippen LogP contribution in [0.1, 0.15) is 0 Å². The molecule has 12 heteroatoms. The Morgan fingerprint density at radius 1 is 0.917 bits per heavy atom. The maximum atomic E-state index is 12.9. The van der Waals surface area contributed by atoms with Crippen LogP contribution in [0, 0.1) is 0 Å².